The summed E-state index contributed by atoms with van der Waals surface area (Å²) in [6, 6.07) is 14.2. The highest BCUT2D eigenvalue weighted by atomic mass is 16.5. The van der Waals surface area contributed by atoms with Gasteiger partial charge in [0, 0.05) is 24.8 Å². The van der Waals surface area contributed by atoms with Crippen LogP contribution in [-0.4, -0.2) is 43.4 Å². The average molecular weight is 367 g/mol. The van der Waals surface area contributed by atoms with Crippen molar-refractivity contribution in [2.45, 2.75) is 25.8 Å². The van der Waals surface area contributed by atoms with Gasteiger partial charge in [0.1, 0.15) is 0 Å². The van der Waals surface area contributed by atoms with E-state index in [0.29, 0.717) is 11.6 Å². The van der Waals surface area contributed by atoms with Gasteiger partial charge in [0.05, 0.1) is 30.2 Å². The molecule has 0 amide bonds. The molecule has 2 heterocycles. The lowest BCUT2D eigenvalue weighted by Crippen LogP contribution is -2.41. The molecular formula is C21H25N3O3. The van der Waals surface area contributed by atoms with Gasteiger partial charge < -0.3 is 14.7 Å². The molecule has 2 aromatic carbocycles. The number of benzene rings is 2. The van der Waals surface area contributed by atoms with Gasteiger partial charge in [-0.05, 0) is 67.8 Å². The van der Waals surface area contributed by atoms with Gasteiger partial charge in [0.2, 0.25) is 0 Å². The van der Waals surface area contributed by atoms with Crippen LogP contribution >= 0.6 is 0 Å². The van der Waals surface area contributed by atoms with E-state index in [1.54, 1.807) is 12.1 Å². The highest BCUT2D eigenvalue weighted by Crippen LogP contribution is 2.32. The number of hydrogen-bond donors (Lipinski definition) is 2. The second-order valence-corrected chi connectivity index (χ2v) is 7.16. The topological polar surface area (TPSA) is 65.0 Å². The van der Waals surface area contributed by atoms with E-state index in [1.165, 1.54) is 5.69 Å². The fourth-order valence-electron chi connectivity index (χ4n) is 3.76. The van der Waals surface area contributed by atoms with E-state index in [0.717, 1.165) is 56.1 Å². The molecule has 2 aliphatic heterocycles. The van der Waals surface area contributed by atoms with Crippen LogP contribution in [0, 0.1) is 0 Å². The summed E-state index contributed by atoms with van der Waals surface area (Å²) in [5.74, 6) is -0.880. The number of aromatic carboxylic acids is 1. The number of fused-ring (bicyclic) bond motifs is 1. The second-order valence-electron chi connectivity index (χ2n) is 7.16. The molecule has 6 nitrogen and oxygen atoms in total. The highest BCUT2D eigenvalue weighted by molar-refractivity contribution is 5.88. The first-order valence-corrected chi connectivity index (χ1v) is 9.47. The lowest BCUT2D eigenvalue weighted by Gasteiger charge is -2.38. The van der Waals surface area contributed by atoms with Crippen LogP contribution in [0.1, 0.15) is 29.3 Å². The van der Waals surface area contributed by atoms with Crippen LogP contribution in [0.4, 0.5) is 17.1 Å². The molecule has 2 aromatic rings. The van der Waals surface area contributed by atoms with Crippen molar-refractivity contribution in [1.82, 2.24) is 0 Å². The predicted molar refractivity (Wildman–Crippen MR) is 107 cm³/mol. The van der Waals surface area contributed by atoms with Gasteiger partial charge in [-0.2, -0.15) is 0 Å². The monoisotopic (exact) mass is 367 g/mol. The summed E-state index contributed by atoms with van der Waals surface area (Å²) in [5, 5.41) is 11.4. The second kappa shape index (κ2) is 7.48. The van der Waals surface area contributed by atoms with Gasteiger partial charge in [-0.3, -0.25) is 10.4 Å². The predicted octanol–water partition coefficient (Wildman–Crippen LogP) is 3.39. The summed E-state index contributed by atoms with van der Waals surface area (Å²) in [6.45, 7) is 5.59. The van der Waals surface area contributed by atoms with Crippen LogP contribution in [0.15, 0.2) is 42.5 Å². The first kappa shape index (κ1) is 17.7. The standard InChI is InChI=1S/C21H25N3O3/c1-15-2-3-16-14-17(21(25)26)4-9-20(16)24(15)22-18-5-7-19(8-6-18)23-10-12-27-13-11-23/h4-9,14-15,22H,2-3,10-13H2,1H3,(H,25,26). The molecule has 1 saturated heterocycles. The SMILES string of the molecule is CC1CCc2cc(C(=O)O)ccc2N1Nc1ccc(N2CCOCC2)cc1. The summed E-state index contributed by atoms with van der Waals surface area (Å²) in [4.78, 5) is 13.6. The number of hydrogen-bond acceptors (Lipinski definition) is 5. The van der Waals surface area contributed by atoms with Crippen LogP contribution in [0.25, 0.3) is 0 Å². The third-order valence-corrected chi connectivity index (χ3v) is 5.35. The molecule has 1 fully saturated rings. The van der Waals surface area contributed by atoms with Crippen molar-refractivity contribution in [3.63, 3.8) is 0 Å². The molecule has 0 aromatic heterocycles. The van der Waals surface area contributed by atoms with Gasteiger partial charge in [0.15, 0.2) is 0 Å². The third kappa shape index (κ3) is 3.71. The zero-order valence-corrected chi connectivity index (χ0v) is 15.5. The number of carbonyl (C=O) groups is 1. The summed E-state index contributed by atoms with van der Waals surface area (Å²) in [7, 11) is 0. The summed E-state index contributed by atoms with van der Waals surface area (Å²) < 4.78 is 5.42. The van der Waals surface area contributed by atoms with Crippen molar-refractivity contribution in [2.75, 3.05) is 41.6 Å². The number of nitrogens with zero attached hydrogens (tertiary/aromatic N) is 2. The minimum atomic E-state index is -0.880. The van der Waals surface area contributed by atoms with Crippen LogP contribution in [-0.2, 0) is 11.2 Å². The van der Waals surface area contributed by atoms with Gasteiger partial charge in [-0.1, -0.05) is 0 Å². The van der Waals surface area contributed by atoms with E-state index in [9.17, 15) is 9.90 Å². The Labute approximate surface area is 159 Å². The Morgan fingerprint density at radius 2 is 1.89 bits per heavy atom. The molecule has 142 valence electrons. The van der Waals surface area contributed by atoms with Crippen molar-refractivity contribution in [1.29, 1.82) is 0 Å². The fourth-order valence-corrected chi connectivity index (χ4v) is 3.76. The maximum absolute atomic E-state index is 11.2. The lowest BCUT2D eigenvalue weighted by atomic mass is 9.96. The zero-order valence-electron chi connectivity index (χ0n) is 15.5. The van der Waals surface area contributed by atoms with Crippen LogP contribution in [0.2, 0.25) is 0 Å². The summed E-state index contributed by atoms with van der Waals surface area (Å²) in [6.07, 6.45) is 1.88. The summed E-state index contributed by atoms with van der Waals surface area (Å²) >= 11 is 0. The van der Waals surface area contributed by atoms with Crippen molar-refractivity contribution < 1.29 is 14.6 Å². The van der Waals surface area contributed by atoms with E-state index >= 15 is 0 Å². The van der Waals surface area contributed by atoms with E-state index in [-0.39, 0.29) is 0 Å². The third-order valence-electron chi connectivity index (χ3n) is 5.35. The van der Waals surface area contributed by atoms with Crippen LogP contribution in [0.5, 0.6) is 0 Å². The molecule has 1 unspecified atom stereocenters. The number of ether oxygens (including phenoxy) is 1. The number of carboxylic acid groups (broad SMARTS) is 1. The van der Waals surface area contributed by atoms with Crippen molar-refractivity contribution in [3.8, 4) is 0 Å². The molecule has 0 aliphatic carbocycles. The van der Waals surface area contributed by atoms with E-state index in [2.05, 4.69) is 46.5 Å². The van der Waals surface area contributed by atoms with Gasteiger partial charge in [-0.25, -0.2) is 4.79 Å². The number of hydrazine groups is 1. The minimum Gasteiger partial charge on any atom is -0.478 e. The van der Waals surface area contributed by atoms with Gasteiger partial charge in [-0.15, -0.1) is 0 Å². The normalized spacial score (nSPS) is 19.5. The molecule has 2 aliphatic rings. The number of carboxylic acids is 1. The highest BCUT2D eigenvalue weighted by Gasteiger charge is 2.24. The first-order valence-electron chi connectivity index (χ1n) is 9.47. The van der Waals surface area contributed by atoms with Crippen molar-refractivity contribution in [3.05, 3.63) is 53.6 Å². The van der Waals surface area contributed by atoms with Gasteiger partial charge >= 0.3 is 5.97 Å². The average Bonchev–Trinajstić information content (AvgIpc) is 2.71. The maximum Gasteiger partial charge on any atom is 0.335 e. The van der Waals surface area contributed by atoms with Gasteiger partial charge in [0.25, 0.3) is 0 Å². The molecule has 4 rings (SSSR count). The quantitative estimate of drug-likeness (QED) is 0.864. The smallest absolute Gasteiger partial charge is 0.335 e. The largest absolute Gasteiger partial charge is 0.478 e. The van der Waals surface area contributed by atoms with Crippen molar-refractivity contribution >= 4 is 23.0 Å². The molecule has 0 bridgehead atoms. The number of anilines is 3. The molecule has 27 heavy (non-hydrogen) atoms. The van der Waals surface area contributed by atoms with E-state index in [4.69, 9.17) is 4.74 Å². The lowest BCUT2D eigenvalue weighted by molar-refractivity contribution is 0.0696. The fraction of sp³-hybridized carbons (Fsp3) is 0.381. The molecule has 2 N–H and O–H groups in total. The number of morpholine rings is 1. The Morgan fingerprint density at radius 3 is 2.59 bits per heavy atom. The Morgan fingerprint density at radius 1 is 1.15 bits per heavy atom. The van der Waals surface area contributed by atoms with E-state index in [1.807, 2.05) is 6.07 Å². The maximum atomic E-state index is 11.2. The molecular weight excluding hydrogens is 342 g/mol. The number of nitrogens with one attached hydrogen (secondary N) is 1. The Bertz CT molecular complexity index is 816. The molecule has 0 radical (unpaired) electrons. The number of rotatable bonds is 4. The van der Waals surface area contributed by atoms with E-state index < -0.39 is 5.97 Å². The van der Waals surface area contributed by atoms with Crippen LogP contribution in [0.3, 0.4) is 0 Å². The Hall–Kier alpha value is -2.73. The molecule has 1 atom stereocenters. The Balaban J connectivity index is 1.53. The molecule has 0 spiro atoms. The summed E-state index contributed by atoms with van der Waals surface area (Å²) in [5.41, 5.74) is 8.21. The Kier molecular flexibility index (Phi) is 4.90. The van der Waals surface area contributed by atoms with Crippen molar-refractivity contribution in [2.24, 2.45) is 0 Å². The van der Waals surface area contributed by atoms with Crippen LogP contribution < -0.4 is 15.3 Å². The zero-order chi connectivity index (χ0) is 18.8. The molecule has 0 saturated carbocycles. The minimum absolute atomic E-state index is 0.326. The number of aryl methyl sites for hydroxylation is 1. The first-order chi connectivity index (χ1) is 13.1. The molecule has 6 heteroatoms.